The molecule has 0 saturated carbocycles. The van der Waals surface area contributed by atoms with Crippen LogP contribution in [-0.2, 0) is 0 Å². The molecular formula is C6H10FOP. The first-order chi connectivity index (χ1) is 3.39. The lowest BCUT2D eigenvalue weighted by molar-refractivity contribution is 0.475. The molecule has 0 aromatic heterocycles. The number of hydrogen-bond acceptors (Lipinski definition) is 1. The minimum absolute atomic E-state index is 0. The Morgan fingerprint density at radius 3 is 1.67 bits per heavy atom. The van der Waals surface area contributed by atoms with Gasteiger partial charge in [-0.25, -0.2) is 0 Å². The van der Waals surface area contributed by atoms with Gasteiger partial charge in [0, 0.05) is 0 Å². The predicted molar refractivity (Wildman–Crippen MR) is 41.7 cm³/mol. The van der Waals surface area contributed by atoms with Crippen molar-refractivity contribution in [3.63, 3.8) is 0 Å². The van der Waals surface area contributed by atoms with Crippen molar-refractivity contribution in [2.45, 2.75) is 0 Å². The molecule has 1 nitrogen and oxygen atoms in total. The Balaban J connectivity index is 0. The Bertz CT molecular complexity index is 143. The molecule has 3 heteroatoms. The van der Waals surface area contributed by atoms with Gasteiger partial charge >= 0.3 is 0 Å². The summed E-state index contributed by atoms with van der Waals surface area (Å²) in [6.45, 7) is 0. The van der Waals surface area contributed by atoms with Crippen molar-refractivity contribution in [1.29, 1.82) is 0 Å². The summed E-state index contributed by atoms with van der Waals surface area (Å²) < 4.78 is 0. The summed E-state index contributed by atoms with van der Waals surface area (Å²) in [6.07, 6.45) is 0. The number of phenolic OH excluding ortho intramolecular Hbond substituents is 1. The highest BCUT2D eigenvalue weighted by Crippen LogP contribution is 2.02. The SMILES string of the molecule is F.Oc1ccccc1.P. The van der Waals surface area contributed by atoms with Crippen LogP contribution in [0.4, 0.5) is 4.70 Å². The highest BCUT2D eigenvalue weighted by atomic mass is 31.0. The average Bonchev–Trinajstić information content (AvgIpc) is 1.69. The Hall–Kier alpha value is -0.620. The minimum atomic E-state index is 0. The van der Waals surface area contributed by atoms with Gasteiger partial charge in [0.05, 0.1) is 0 Å². The number of rotatable bonds is 0. The second-order valence-corrected chi connectivity index (χ2v) is 1.34. The van der Waals surface area contributed by atoms with Crippen LogP contribution >= 0.6 is 9.90 Å². The highest BCUT2D eigenvalue weighted by Gasteiger charge is 1.74. The summed E-state index contributed by atoms with van der Waals surface area (Å²) in [7, 11) is 0. The number of halogens is 1. The summed E-state index contributed by atoms with van der Waals surface area (Å²) in [5.41, 5.74) is 0. The summed E-state index contributed by atoms with van der Waals surface area (Å²) in [6, 6.07) is 8.71. The van der Waals surface area contributed by atoms with Crippen molar-refractivity contribution >= 4 is 9.90 Å². The third kappa shape index (κ3) is 3.92. The van der Waals surface area contributed by atoms with Gasteiger partial charge in [-0.05, 0) is 12.1 Å². The molecular weight excluding hydrogens is 138 g/mol. The van der Waals surface area contributed by atoms with Crippen molar-refractivity contribution in [3.8, 4) is 5.75 Å². The van der Waals surface area contributed by atoms with Crippen molar-refractivity contribution in [2.75, 3.05) is 0 Å². The fourth-order valence-electron chi connectivity index (χ4n) is 0.428. The van der Waals surface area contributed by atoms with Crippen molar-refractivity contribution in [3.05, 3.63) is 30.3 Å². The first-order valence-electron chi connectivity index (χ1n) is 2.13. The Morgan fingerprint density at radius 1 is 1.00 bits per heavy atom. The van der Waals surface area contributed by atoms with Crippen molar-refractivity contribution in [1.82, 2.24) is 0 Å². The molecule has 1 aromatic rings. The van der Waals surface area contributed by atoms with E-state index in [1.54, 1.807) is 24.3 Å². The quantitative estimate of drug-likeness (QED) is 0.554. The minimum Gasteiger partial charge on any atom is -0.508 e. The largest absolute Gasteiger partial charge is 0.508 e. The van der Waals surface area contributed by atoms with Gasteiger partial charge < -0.3 is 5.11 Å². The van der Waals surface area contributed by atoms with Crippen LogP contribution < -0.4 is 0 Å². The van der Waals surface area contributed by atoms with Gasteiger partial charge in [-0.1, -0.05) is 18.2 Å². The average molecular weight is 148 g/mol. The van der Waals surface area contributed by atoms with Crippen molar-refractivity contribution in [2.24, 2.45) is 0 Å². The maximum atomic E-state index is 8.63. The highest BCUT2D eigenvalue weighted by molar-refractivity contribution is 6.92. The first-order valence-corrected chi connectivity index (χ1v) is 2.13. The summed E-state index contributed by atoms with van der Waals surface area (Å²) in [4.78, 5) is 0. The Kier molecular flexibility index (Phi) is 6.87. The van der Waals surface area contributed by atoms with Gasteiger partial charge in [-0.2, -0.15) is 9.90 Å². The maximum absolute atomic E-state index is 8.63. The van der Waals surface area contributed by atoms with Crippen LogP contribution in [0.1, 0.15) is 0 Å². The topological polar surface area (TPSA) is 20.2 Å². The number of benzene rings is 1. The molecule has 0 radical (unpaired) electrons. The van der Waals surface area contributed by atoms with Gasteiger partial charge in [0.1, 0.15) is 5.75 Å². The molecule has 0 aliphatic heterocycles. The molecule has 0 fully saturated rings. The number of hydrogen-bond donors (Lipinski definition) is 1. The fraction of sp³-hybridized carbons (Fsp3) is 0. The van der Waals surface area contributed by atoms with E-state index in [0.29, 0.717) is 5.75 Å². The molecule has 0 aliphatic carbocycles. The lowest BCUT2D eigenvalue weighted by Crippen LogP contribution is -1.56. The van der Waals surface area contributed by atoms with Gasteiger partial charge in [-0.15, -0.1) is 0 Å². The van der Waals surface area contributed by atoms with E-state index in [9.17, 15) is 0 Å². The van der Waals surface area contributed by atoms with Crippen LogP contribution in [-0.4, -0.2) is 5.11 Å². The third-order valence-corrected chi connectivity index (χ3v) is 0.756. The van der Waals surface area contributed by atoms with Gasteiger partial charge in [0.25, 0.3) is 0 Å². The molecule has 1 N–H and O–H groups in total. The number of para-hydroxylation sites is 1. The van der Waals surface area contributed by atoms with Gasteiger partial charge in [0.15, 0.2) is 0 Å². The monoisotopic (exact) mass is 148 g/mol. The molecule has 52 valence electrons. The van der Waals surface area contributed by atoms with Gasteiger partial charge in [-0.3, -0.25) is 4.70 Å². The fourth-order valence-corrected chi connectivity index (χ4v) is 0.428. The van der Waals surface area contributed by atoms with E-state index in [2.05, 4.69) is 0 Å². The zero-order chi connectivity index (χ0) is 5.11. The molecule has 0 spiro atoms. The number of aromatic hydroxyl groups is 1. The zero-order valence-electron chi connectivity index (χ0n) is 4.95. The Morgan fingerprint density at radius 2 is 1.44 bits per heavy atom. The zero-order valence-corrected chi connectivity index (χ0v) is 6.36. The Labute approximate surface area is 56.7 Å². The van der Waals surface area contributed by atoms with Crippen LogP contribution in [0.25, 0.3) is 0 Å². The van der Waals surface area contributed by atoms with E-state index in [1.165, 1.54) is 0 Å². The summed E-state index contributed by atoms with van der Waals surface area (Å²) in [5, 5.41) is 8.63. The van der Waals surface area contributed by atoms with E-state index in [-0.39, 0.29) is 14.6 Å². The predicted octanol–water partition coefficient (Wildman–Crippen LogP) is 1.60. The molecule has 1 atom stereocenters. The third-order valence-electron chi connectivity index (χ3n) is 0.756. The first kappa shape index (κ1) is 11.2. The molecule has 0 amide bonds. The van der Waals surface area contributed by atoms with Gasteiger partial charge in [0.2, 0.25) is 0 Å². The summed E-state index contributed by atoms with van der Waals surface area (Å²) >= 11 is 0. The van der Waals surface area contributed by atoms with Crippen LogP contribution in [0.5, 0.6) is 5.75 Å². The number of phenols is 1. The summed E-state index contributed by atoms with van der Waals surface area (Å²) in [5.74, 6) is 0.322. The molecule has 9 heavy (non-hydrogen) atoms. The lowest BCUT2D eigenvalue weighted by Gasteiger charge is -1.82. The second kappa shape index (κ2) is 5.52. The lowest BCUT2D eigenvalue weighted by atomic mass is 10.3. The van der Waals surface area contributed by atoms with Crippen LogP contribution in [0, 0.1) is 0 Å². The van der Waals surface area contributed by atoms with E-state index in [0.717, 1.165) is 0 Å². The van der Waals surface area contributed by atoms with Crippen LogP contribution in [0.15, 0.2) is 30.3 Å². The maximum Gasteiger partial charge on any atom is 0.115 e. The second-order valence-electron chi connectivity index (χ2n) is 1.34. The van der Waals surface area contributed by atoms with E-state index in [4.69, 9.17) is 5.11 Å². The molecule has 0 saturated heterocycles. The van der Waals surface area contributed by atoms with Crippen LogP contribution in [0.3, 0.4) is 0 Å². The molecule has 0 heterocycles. The molecule has 0 bridgehead atoms. The molecule has 0 aliphatic rings. The normalized spacial score (nSPS) is 6.67. The standard InChI is InChI=1S/C6H6O.FH.H3P/c7-6-4-2-1-3-5-6;;/h1-5,7H;1H;1H3. The van der Waals surface area contributed by atoms with E-state index in [1.807, 2.05) is 6.07 Å². The van der Waals surface area contributed by atoms with Crippen molar-refractivity contribution < 1.29 is 9.81 Å². The molecule has 1 unspecified atom stereocenters. The van der Waals surface area contributed by atoms with Crippen LogP contribution in [0.2, 0.25) is 0 Å². The van der Waals surface area contributed by atoms with E-state index >= 15 is 0 Å². The smallest absolute Gasteiger partial charge is 0.115 e. The molecule has 1 aromatic carbocycles. The van der Waals surface area contributed by atoms with E-state index < -0.39 is 0 Å². The molecule has 1 rings (SSSR count).